The number of nitrogens with zero attached hydrogens (tertiary/aromatic N) is 2. The van der Waals surface area contributed by atoms with Gasteiger partial charge in [0.15, 0.2) is 0 Å². The van der Waals surface area contributed by atoms with Crippen LogP contribution in [0.2, 0.25) is 0 Å². The number of esters is 3. The van der Waals surface area contributed by atoms with Crippen LogP contribution in [0.1, 0.15) is 75.6 Å². The van der Waals surface area contributed by atoms with Crippen molar-refractivity contribution in [3.8, 4) is 5.75 Å². The quantitative estimate of drug-likeness (QED) is 0.109. The largest absolute Gasteiger partial charge is 0.493 e. The minimum Gasteiger partial charge on any atom is -0.493 e. The van der Waals surface area contributed by atoms with Gasteiger partial charge in [0.25, 0.3) is 0 Å². The second-order valence-corrected chi connectivity index (χ2v) is 10.6. The first-order valence-electron chi connectivity index (χ1n) is 12.2. The Morgan fingerprint density at radius 3 is 1.74 bits per heavy atom. The van der Waals surface area contributed by atoms with Crippen molar-refractivity contribution in [1.29, 1.82) is 0 Å². The summed E-state index contributed by atoms with van der Waals surface area (Å²) in [5, 5.41) is 8.43. The summed E-state index contributed by atoms with van der Waals surface area (Å²) in [6.45, 7) is 16.3. The van der Waals surface area contributed by atoms with Crippen molar-refractivity contribution < 1.29 is 33.3 Å². The predicted octanol–water partition coefficient (Wildman–Crippen LogP) is 6.90. The summed E-state index contributed by atoms with van der Waals surface area (Å²) in [5.74, 6) is -0.977. The Morgan fingerprint density at radius 1 is 0.763 bits per heavy atom. The van der Waals surface area contributed by atoms with Gasteiger partial charge in [-0.25, -0.2) is 14.4 Å². The minimum atomic E-state index is -0.709. The SMILES string of the molecule is C=C(C)C(=O)OCCCOc1ccc(N=Nc2cc(C(=O)OC(C)(C)C)cc(C(=O)OC(C)(C)C)c2)cc1. The molecule has 38 heavy (non-hydrogen) atoms. The molecule has 0 saturated heterocycles. The van der Waals surface area contributed by atoms with Crippen LogP contribution < -0.4 is 4.74 Å². The Bertz CT molecular complexity index is 1140. The summed E-state index contributed by atoms with van der Waals surface area (Å²) >= 11 is 0. The van der Waals surface area contributed by atoms with Gasteiger partial charge in [-0.3, -0.25) is 0 Å². The third kappa shape index (κ3) is 10.9. The standard InChI is InChI=1S/C29H36N2O7/c1-19(2)25(32)36-15-9-14-35-24-12-10-22(11-13-24)30-31-23-17-20(26(33)37-28(3,4)5)16-21(18-23)27(34)38-29(6,7)8/h10-13,16-18H,1,9,14-15H2,2-8H3. The Kier molecular flexibility index (Phi) is 10.3. The van der Waals surface area contributed by atoms with Crippen molar-refractivity contribution in [3.05, 3.63) is 65.7 Å². The van der Waals surface area contributed by atoms with Gasteiger partial charge in [0, 0.05) is 12.0 Å². The van der Waals surface area contributed by atoms with E-state index in [-0.39, 0.29) is 17.7 Å². The molecule has 0 fully saturated rings. The summed E-state index contributed by atoms with van der Waals surface area (Å²) < 4.78 is 21.6. The van der Waals surface area contributed by atoms with E-state index < -0.39 is 29.1 Å². The van der Waals surface area contributed by atoms with Gasteiger partial charge in [0.05, 0.1) is 35.7 Å². The monoisotopic (exact) mass is 524 g/mol. The van der Waals surface area contributed by atoms with Crippen LogP contribution in [-0.2, 0) is 19.0 Å². The van der Waals surface area contributed by atoms with E-state index in [4.69, 9.17) is 18.9 Å². The zero-order valence-electron chi connectivity index (χ0n) is 23.1. The molecule has 0 bridgehead atoms. The van der Waals surface area contributed by atoms with E-state index in [0.29, 0.717) is 35.7 Å². The van der Waals surface area contributed by atoms with Gasteiger partial charge in [0.2, 0.25) is 0 Å². The molecule has 0 aromatic heterocycles. The van der Waals surface area contributed by atoms with Crippen molar-refractivity contribution in [2.75, 3.05) is 13.2 Å². The number of hydrogen-bond acceptors (Lipinski definition) is 9. The van der Waals surface area contributed by atoms with Crippen LogP contribution in [-0.4, -0.2) is 42.3 Å². The molecule has 2 rings (SSSR count). The molecule has 0 saturated carbocycles. The zero-order chi connectivity index (χ0) is 28.5. The average molecular weight is 525 g/mol. The van der Waals surface area contributed by atoms with Crippen LogP contribution in [0.4, 0.5) is 11.4 Å². The second-order valence-electron chi connectivity index (χ2n) is 10.6. The first-order valence-corrected chi connectivity index (χ1v) is 12.2. The Labute approximate surface area is 223 Å². The first kappa shape index (κ1) is 30.2. The lowest BCUT2D eigenvalue weighted by Gasteiger charge is -2.21. The van der Waals surface area contributed by atoms with E-state index in [0.717, 1.165) is 0 Å². The number of azo groups is 1. The van der Waals surface area contributed by atoms with E-state index in [1.807, 2.05) is 0 Å². The van der Waals surface area contributed by atoms with E-state index in [9.17, 15) is 14.4 Å². The van der Waals surface area contributed by atoms with Crippen LogP contribution in [0.25, 0.3) is 0 Å². The Hall–Kier alpha value is -4.01. The lowest BCUT2D eigenvalue weighted by atomic mass is 10.1. The van der Waals surface area contributed by atoms with Gasteiger partial charge in [0.1, 0.15) is 17.0 Å². The number of hydrogen-bond donors (Lipinski definition) is 0. The highest BCUT2D eigenvalue weighted by Crippen LogP contribution is 2.26. The third-order valence-electron chi connectivity index (χ3n) is 4.44. The highest BCUT2D eigenvalue weighted by Gasteiger charge is 2.23. The first-order chi connectivity index (χ1) is 17.6. The van der Waals surface area contributed by atoms with Gasteiger partial charge in [-0.1, -0.05) is 6.58 Å². The van der Waals surface area contributed by atoms with Crippen LogP contribution in [0, 0.1) is 0 Å². The summed E-state index contributed by atoms with van der Waals surface area (Å²) in [4.78, 5) is 36.7. The van der Waals surface area contributed by atoms with Crippen molar-refractivity contribution in [2.45, 2.75) is 66.1 Å². The van der Waals surface area contributed by atoms with Crippen LogP contribution >= 0.6 is 0 Å². The molecule has 2 aromatic rings. The van der Waals surface area contributed by atoms with E-state index in [1.54, 1.807) is 72.7 Å². The molecule has 0 atom stereocenters. The molecular weight excluding hydrogens is 488 g/mol. The van der Waals surface area contributed by atoms with Crippen LogP contribution in [0.3, 0.4) is 0 Å². The number of carbonyl (C=O) groups is 3. The van der Waals surface area contributed by atoms with E-state index in [1.165, 1.54) is 18.2 Å². The second kappa shape index (κ2) is 13.0. The maximum absolute atomic E-state index is 12.7. The van der Waals surface area contributed by atoms with Gasteiger partial charge >= 0.3 is 17.9 Å². The van der Waals surface area contributed by atoms with Crippen LogP contribution in [0.15, 0.2) is 64.8 Å². The molecule has 0 heterocycles. The maximum atomic E-state index is 12.7. The van der Waals surface area contributed by atoms with Gasteiger partial charge < -0.3 is 18.9 Å². The fourth-order valence-electron chi connectivity index (χ4n) is 2.84. The lowest BCUT2D eigenvalue weighted by molar-refractivity contribution is -0.139. The number of ether oxygens (including phenoxy) is 4. The summed E-state index contributed by atoms with van der Waals surface area (Å²) in [6.07, 6.45) is 0.536. The molecule has 0 aliphatic carbocycles. The lowest BCUT2D eigenvalue weighted by Crippen LogP contribution is -2.25. The molecule has 0 spiro atoms. The molecule has 0 amide bonds. The minimum absolute atomic E-state index is 0.162. The predicted molar refractivity (Wildman–Crippen MR) is 143 cm³/mol. The fraction of sp³-hybridized carbons (Fsp3) is 0.414. The molecule has 2 aromatic carbocycles. The van der Waals surface area contributed by atoms with E-state index in [2.05, 4.69) is 16.8 Å². The molecule has 0 N–H and O–H groups in total. The molecule has 9 nitrogen and oxygen atoms in total. The topological polar surface area (TPSA) is 113 Å². The van der Waals surface area contributed by atoms with Gasteiger partial charge in [-0.15, -0.1) is 0 Å². The summed E-state index contributed by atoms with van der Waals surface area (Å²) in [5.41, 5.74) is 0.0883. The number of benzene rings is 2. The highest BCUT2D eigenvalue weighted by atomic mass is 16.6. The normalized spacial score (nSPS) is 11.7. The molecule has 9 heteroatoms. The summed E-state index contributed by atoms with van der Waals surface area (Å²) in [7, 11) is 0. The maximum Gasteiger partial charge on any atom is 0.338 e. The van der Waals surface area contributed by atoms with Crippen LogP contribution in [0.5, 0.6) is 5.75 Å². The Morgan fingerprint density at radius 2 is 1.26 bits per heavy atom. The fourth-order valence-corrected chi connectivity index (χ4v) is 2.84. The van der Waals surface area contributed by atoms with Crippen molar-refractivity contribution in [3.63, 3.8) is 0 Å². The average Bonchev–Trinajstić information content (AvgIpc) is 2.80. The Balaban J connectivity index is 2.12. The summed E-state index contributed by atoms with van der Waals surface area (Å²) in [6, 6.07) is 11.3. The van der Waals surface area contributed by atoms with Crippen molar-refractivity contribution in [1.82, 2.24) is 0 Å². The number of carbonyl (C=O) groups excluding carboxylic acids is 3. The molecule has 0 unspecified atom stereocenters. The molecule has 0 radical (unpaired) electrons. The third-order valence-corrected chi connectivity index (χ3v) is 4.44. The van der Waals surface area contributed by atoms with Gasteiger partial charge in [-0.05, 0) is 90.9 Å². The zero-order valence-corrected chi connectivity index (χ0v) is 23.1. The molecule has 204 valence electrons. The smallest absolute Gasteiger partial charge is 0.338 e. The van der Waals surface area contributed by atoms with Crippen molar-refractivity contribution >= 4 is 29.3 Å². The van der Waals surface area contributed by atoms with E-state index >= 15 is 0 Å². The number of rotatable bonds is 10. The molecular formula is C29H36N2O7. The molecule has 0 aliphatic heterocycles. The molecule has 0 aliphatic rings. The highest BCUT2D eigenvalue weighted by molar-refractivity contribution is 5.97. The van der Waals surface area contributed by atoms with Crippen molar-refractivity contribution in [2.24, 2.45) is 10.2 Å². The van der Waals surface area contributed by atoms with Gasteiger partial charge in [-0.2, -0.15) is 10.2 Å².